The van der Waals surface area contributed by atoms with E-state index in [1.165, 1.54) is 0 Å². The van der Waals surface area contributed by atoms with E-state index in [0.29, 0.717) is 19.0 Å². The van der Waals surface area contributed by atoms with E-state index in [2.05, 4.69) is 19.2 Å². The molecule has 0 spiro atoms. The number of benzene rings is 2. The Bertz CT molecular complexity index is 788. The van der Waals surface area contributed by atoms with E-state index in [1.807, 2.05) is 18.2 Å². The fourth-order valence-corrected chi connectivity index (χ4v) is 3.04. The third-order valence-corrected chi connectivity index (χ3v) is 4.54. The van der Waals surface area contributed by atoms with Gasteiger partial charge in [-0.3, -0.25) is 4.79 Å². The topological polar surface area (TPSA) is 66.0 Å². The van der Waals surface area contributed by atoms with Gasteiger partial charge in [0.05, 0.1) is 26.4 Å². The number of amides is 1. The SMILES string of the molecule is COc1ccc(OCC(=O)N[C@H](c2ccc3c(c2)OCCCO3)C(C)C)cc1. The zero-order valence-electron chi connectivity index (χ0n) is 16.6. The van der Waals surface area contributed by atoms with Crippen molar-refractivity contribution in [3.8, 4) is 23.0 Å². The van der Waals surface area contributed by atoms with Crippen LogP contribution in [-0.4, -0.2) is 32.8 Å². The Morgan fingerprint density at radius 1 is 1.04 bits per heavy atom. The number of hydrogen-bond donors (Lipinski definition) is 1. The van der Waals surface area contributed by atoms with Gasteiger partial charge in [-0.25, -0.2) is 0 Å². The maximum atomic E-state index is 12.5. The van der Waals surface area contributed by atoms with Crippen LogP contribution in [0, 0.1) is 5.92 Å². The summed E-state index contributed by atoms with van der Waals surface area (Å²) < 4.78 is 22.2. The highest BCUT2D eigenvalue weighted by Gasteiger charge is 2.21. The van der Waals surface area contributed by atoms with Gasteiger partial charge in [0.2, 0.25) is 0 Å². The van der Waals surface area contributed by atoms with Gasteiger partial charge < -0.3 is 24.3 Å². The van der Waals surface area contributed by atoms with E-state index >= 15 is 0 Å². The van der Waals surface area contributed by atoms with Crippen molar-refractivity contribution in [1.82, 2.24) is 5.32 Å². The van der Waals surface area contributed by atoms with Gasteiger partial charge in [0.15, 0.2) is 18.1 Å². The average Bonchev–Trinajstić information content (AvgIpc) is 2.95. The van der Waals surface area contributed by atoms with E-state index in [0.717, 1.165) is 29.2 Å². The molecule has 0 radical (unpaired) electrons. The minimum Gasteiger partial charge on any atom is -0.497 e. The molecular weight excluding hydrogens is 358 g/mol. The first-order valence-electron chi connectivity index (χ1n) is 9.52. The first-order valence-corrected chi connectivity index (χ1v) is 9.52. The molecule has 1 N–H and O–H groups in total. The van der Waals surface area contributed by atoms with Crippen LogP contribution < -0.4 is 24.3 Å². The second-order valence-electron chi connectivity index (χ2n) is 7.01. The molecule has 2 aromatic rings. The summed E-state index contributed by atoms with van der Waals surface area (Å²) in [6.07, 6.45) is 0.858. The van der Waals surface area contributed by atoms with Crippen molar-refractivity contribution in [2.45, 2.75) is 26.3 Å². The van der Waals surface area contributed by atoms with Gasteiger partial charge in [0.25, 0.3) is 5.91 Å². The number of rotatable bonds is 7. The van der Waals surface area contributed by atoms with Crippen LogP contribution in [-0.2, 0) is 4.79 Å². The molecule has 6 heteroatoms. The molecule has 0 unspecified atom stereocenters. The first-order chi connectivity index (χ1) is 13.6. The number of ether oxygens (including phenoxy) is 4. The lowest BCUT2D eigenvalue weighted by molar-refractivity contribution is -0.124. The number of nitrogens with one attached hydrogen (secondary N) is 1. The third-order valence-electron chi connectivity index (χ3n) is 4.54. The standard InChI is InChI=1S/C22H27NO5/c1-15(2)22(16-5-10-19-20(13-16)27-12-4-11-26-19)23-21(24)14-28-18-8-6-17(25-3)7-9-18/h5-10,13,15,22H,4,11-12,14H2,1-3H3,(H,23,24)/t22-/m0/s1. The van der Waals surface area contributed by atoms with Crippen molar-refractivity contribution in [2.24, 2.45) is 5.92 Å². The molecule has 1 amide bonds. The van der Waals surface area contributed by atoms with Crippen molar-refractivity contribution in [3.63, 3.8) is 0 Å². The van der Waals surface area contributed by atoms with E-state index < -0.39 is 0 Å². The lowest BCUT2D eigenvalue weighted by Crippen LogP contribution is -2.35. The number of hydrogen-bond acceptors (Lipinski definition) is 5. The maximum Gasteiger partial charge on any atom is 0.258 e. The van der Waals surface area contributed by atoms with Crippen LogP contribution in [0.1, 0.15) is 31.9 Å². The minimum atomic E-state index is -0.179. The third kappa shape index (κ3) is 5.09. The molecular formula is C22H27NO5. The first kappa shape index (κ1) is 19.9. The summed E-state index contributed by atoms with van der Waals surface area (Å²) in [6, 6.07) is 12.8. The van der Waals surface area contributed by atoms with Crippen LogP contribution in [0.5, 0.6) is 23.0 Å². The lowest BCUT2D eigenvalue weighted by atomic mass is 9.95. The molecule has 2 aromatic carbocycles. The molecule has 0 aliphatic carbocycles. The zero-order chi connectivity index (χ0) is 19.9. The average molecular weight is 385 g/mol. The second kappa shape index (κ2) is 9.35. The summed E-state index contributed by atoms with van der Waals surface area (Å²) in [6.45, 7) is 5.36. The monoisotopic (exact) mass is 385 g/mol. The van der Waals surface area contributed by atoms with Crippen LogP contribution in [0.4, 0.5) is 0 Å². The Morgan fingerprint density at radius 3 is 2.39 bits per heavy atom. The van der Waals surface area contributed by atoms with E-state index in [1.54, 1.807) is 31.4 Å². The van der Waals surface area contributed by atoms with Crippen molar-refractivity contribution < 1.29 is 23.7 Å². The van der Waals surface area contributed by atoms with E-state index in [-0.39, 0.29) is 24.5 Å². The fraction of sp³-hybridized carbons (Fsp3) is 0.409. The van der Waals surface area contributed by atoms with Gasteiger partial charge in [-0.2, -0.15) is 0 Å². The maximum absolute atomic E-state index is 12.5. The smallest absolute Gasteiger partial charge is 0.258 e. The van der Waals surface area contributed by atoms with Crippen LogP contribution in [0.15, 0.2) is 42.5 Å². The Kier molecular flexibility index (Phi) is 6.63. The van der Waals surface area contributed by atoms with Gasteiger partial charge in [-0.15, -0.1) is 0 Å². The molecule has 0 saturated heterocycles. The van der Waals surface area contributed by atoms with E-state index in [9.17, 15) is 4.79 Å². The summed E-state index contributed by atoms with van der Waals surface area (Å²) >= 11 is 0. The van der Waals surface area contributed by atoms with Crippen molar-refractivity contribution in [1.29, 1.82) is 0 Å². The van der Waals surface area contributed by atoms with Crippen LogP contribution in [0.2, 0.25) is 0 Å². The van der Waals surface area contributed by atoms with Gasteiger partial charge in [-0.05, 0) is 47.9 Å². The molecule has 1 aliphatic heterocycles. The summed E-state index contributed by atoms with van der Waals surface area (Å²) in [5, 5.41) is 3.06. The molecule has 0 saturated carbocycles. The summed E-state index contributed by atoms with van der Waals surface area (Å²) in [7, 11) is 1.61. The zero-order valence-corrected chi connectivity index (χ0v) is 16.6. The van der Waals surface area contributed by atoms with Crippen LogP contribution in [0.25, 0.3) is 0 Å². The highest BCUT2D eigenvalue weighted by molar-refractivity contribution is 5.78. The summed E-state index contributed by atoms with van der Waals surface area (Å²) in [5.74, 6) is 2.86. The lowest BCUT2D eigenvalue weighted by Gasteiger charge is -2.24. The fourth-order valence-electron chi connectivity index (χ4n) is 3.04. The quantitative estimate of drug-likeness (QED) is 0.786. The number of methoxy groups -OCH3 is 1. The Hall–Kier alpha value is -2.89. The molecule has 1 heterocycles. The summed E-state index contributed by atoms with van der Waals surface area (Å²) in [5.41, 5.74) is 0.983. The molecule has 28 heavy (non-hydrogen) atoms. The van der Waals surface area contributed by atoms with Gasteiger partial charge >= 0.3 is 0 Å². The number of carbonyl (C=O) groups excluding carboxylic acids is 1. The summed E-state index contributed by atoms with van der Waals surface area (Å²) in [4.78, 5) is 12.5. The molecule has 3 rings (SSSR count). The molecule has 0 fully saturated rings. The van der Waals surface area contributed by atoms with Gasteiger partial charge in [-0.1, -0.05) is 19.9 Å². The molecule has 1 atom stereocenters. The minimum absolute atomic E-state index is 0.0555. The second-order valence-corrected chi connectivity index (χ2v) is 7.01. The Labute approximate surface area is 165 Å². The van der Waals surface area contributed by atoms with Crippen molar-refractivity contribution in [3.05, 3.63) is 48.0 Å². The normalized spacial score (nSPS) is 14.1. The van der Waals surface area contributed by atoms with Gasteiger partial charge in [0.1, 0.15) is 11.5 Å². The van der Waals surface area contributed by atoms with Gasteiger partial charge in [0, 0.05) is 6.42 Å². The highest BCUT2D eigenvalue weighted by atomic mass is 16.5. The Balaban J connectivity index is 1.63. The Morgan fingerprint density at radius 2 is 1.71 bits per heavy atom. The molecule has 0 aromatic heterocycles. The predicted molar refractivity (Wildman–Crippen MR) is 106 cm³/mol. The van der Waals surface area contributed by atoms with Crippen molar-refractivity contribution in [2.75, 3.05) is 26.9 Å². The molecule has 150 valence electrons. The highest BCUT2D eigenvalue weighted by Crippen LogP contribution is 2.34. The number of fused-ring (bicyclic) bond motifs is 1. The largest absolute Gasteiger partial charge is 0.497 e. The molecule has 6 nitrogen and oxygen atoms in total. The van der Waals surface area contributed by atoms with Crippen LogP contribution >= 0.6 is 0 Å². The number of carbonyl (C=O) groups is 1. The molecule has 0 bridgehead atoms. The molecule has 1 aliphatic rings. The van der Waals surface area contributed by atoms with Crippen molar-refractivity contribution >= 4 is 5.91 Å². The van der Waals surface area contributed by atoms with E-state index in [4.69, 9.17) is 18.9 Å². The predicted octanol–water partition coefficient (Wildman–Crippen LogP) is 3.75. The van der Waals surface area contributed by atoms with Crippen LogP contribution in [0.3, 0.4) is 0 Å².